The summed E-state index contributed by atoms with van der Waals surface area (Å²) in [7, 11) is 0. The molecule has 0 aromatic carbocycles. The van der Waals surface area contributed by atoms with Crippen LogP contribution in [0.3, 0.4) is 0 Å². The average molecular weight is 292 g/mol. The van der Waals surface area contributed by atoms with Crippen molar-refractivity contribution in [1.82, 2.24) is 19.9 Å². The minimum absolute atomic E-state index is 0.275. The minimum atomic E-state index is 0.275. The Balaban J connectivity index is 2.07. The van der Waals surface area contributed by atoms with Gasteiger partial charge in [-0.2, -0.15) is 9.97 Å². The van der Waals surface area contributed by atoms with Gasteiger partial charge in [-0.1, -0.05) is 0 Å². The van der Waals surface area contributed by atoms with Crippen LogP contribution in [-0.2, 0) is 0 Å². The first kappa shape index (κ1) is 10.6. The fourth-order valence-corrected chi connectivity index (χ4v) is 1.96. The number of pyridine rings is 1. The fraction of sp³-hybridized carbons (Fsp3) is 0.273. The molecule has 0 amide bonds. The molecule has 2 aromatic rings. The molecule has 1 fully saturated rings. The largest absolute Gasteiger partial charge is 0.368 e. The van der Waals surface area contributed by atoms with Crippen molar-refractivity contribution >= 4 is 21.9 Å². The highest BCUT2D eigenvalue weighted by Gasteiger charge is 2.27. The van der Waals surface area contributed by atoms with Crippen LogP contribution in [0.4, 0.5) is 5.95 Å². The predicted octanol–water partition coefficient (Wildman–Crippen LogP) is 2.16. The molecule has 0 bridgehead atoms. The molecule has 5 nitrogen and oxygen atoms in total. The maximum Gasteiger partial charge on any atom is 0.223 e. The summed E-state index contributed by atoms with van der Waals surface area (Å²) >= 11 is 3.37. The number of rotatable bonds is 2. The second-order valence-electron chi connectivity index (χ2n) is 4.04. The average Bonchev–Trinajstić information content (AvgIpc) is 3.12. The Bertz CT molecular complexity index is 568. The fourth-order valence-electron chi connectivity index (χ4n) is 1.60. The molecule has 86 valence electrons. The van der Waals surface area contributed by atoms with Crippen LogP contribution < -0.4 is 5.73 Å². The lowest BCUT2D eigenvalue weighted by Crippen LogP contribution is -2.04. The summed E-state index contributed by atoms with van der Waals surface area (Å²) in [5.41, 5.74) is 6.55. The van der Waals surface area contributed by atoms with Crippen molar-refractivity contribution in [3.8, 4) is 11.4 Å². The first-order chi connectivity index (χ1) is 8.22. The highest BCUT2D eigenvalue weighted by atomic mass is 79.9. The molecule has 2 aromatic heterocycles. The lowest BCUT2D eigenvalue weighted by Gasteiger charge is -2.04. The Labute approximate surface area is 107 Å². The number of nitrogens with zero attached hydrogens (tertiary/aromatic N) is 4. The standard InChI is InChI=1S/C11H10BrN5/c12-8-3-7(4-14-5-8)10-15-9(6-1-2-6)16-11(13)17-10/h3-6H,1-2H2,(H2,13,15,16,17). The van der Waals surface area contributed by atoms with Gasteiger partial charge in [-0.05, 0) is 34.8 Å². The van der Waals surface area contributed by atoms with Gasteiger partial charge in [0, 0.05) is 28.3 Å². The minimum Gasteiger partial charge on any atom is -0.368 e. The van der Waals surface area contributed by atoms with Crippen molar-refractivity contribution in [2.75, 3.05) is 5.73 Å². The van der Waals surface area contributed by atoms with Crippen LogP contribution in [0, 0.1) is 0 Å². The molecule has 17 heavy (non-hydrogen) atoms. The zero-order valence-electron chi connectivity index (χ0n) is 8.97. The van der Waals surface area contributed by atoms with E-state index in [4.69, 9.17) is 5.73 Å². The Hall–Kier alpha value is -1.56. The third-order valence-electron chi connectivity index (χ3n) is 2.58. The van der Waals surface area contributed by atoms with Crippen molar-refractivity contribution < 1.29 is 0 Å². The van der Waals surface area contributed by atoms with Crippen molar-refractivity contribution in [3.05, 3.63) is 28.8 Å². The molecular weight excluding hydrogens is 282 g/mol. The smallest absolute Gasteiger partial charge is 0.223 e. The first-order valence-corrected chi connectivity index (χ1v) is 6.14. The topological polar surface area (TPSA) is 77.6 Å². The number of anilines is 1. The molecule has 6 heteroatoms. The molecule has 1 saturated carbocycles. The molecular formula is C11H10BrN5. The van der Waals surface area contributed by atoms with Crippen LogP contribution in [0.2, 0.25) is 0 Å². The molecule has 2 heterocycles. The lowest BCUT2D eigenvalue weighted by atomic mass is 10.2. The zero-order valence-corrected chi connectivity index (χ0v) is 10.6. The number of aromatic nitrogens is 4. The van der Waals surface area contributed by atoms with Crippen LogP contribution in [0.1, 0.15) is 24.6 Å². The van der Waals surface area contributed by atoms with Gasteiger partial charge in [-0.15, -0.1) is 0 Å². The molecule has 0 spiro atoms. The summed E-state index contributed by atoms with van der Waals surface area (Å²) in [6.07, 6.45) is 5.71. The van der Waals surface area contributed by atoms with E-state index in [9.17, 15) is 0 Å². The SMILES string of the molecule is Nc1nc(-c2cncc(Br)c2)nc(C2CC2)n1. The maximum atomic E-state index is 5.71. The molecule has 1 aliphatic rings. The maximum absolute atomic E-state index is 5.71. The van der Waals surface area contributed by atoms with Crippen molar-refractivity contribution in [2.24, 2.45) is 0 Å². The van der Waals surface area contributed by atoms with Crippen LogP contribution in [0.25, 0.3) is 11.4 Å². The quantitative estimate of drug-likeness (QED) is 0.917. The monoisotopic (exact) mass is 291 g/mol. The van der Waals surface area contributed by atoms with E-state index in [-0.39, 0.29) is 5.95 Å². The van der Waals surface area contributed by atoms with Crippen LogP contribution in [0.5, 0.6) is 0 Å². The van der Waals surface area contributed by atoms with E-state index in [2.05, 4.69) is 35.9 Å². The molecule has 0 atom stereocenters. The number of nitrogens with two attached hydrogens (primary N) is 1. The van der Waals surface area contributed by atoms with Crippen molar-refractivity contribution in [3.63, 3.8) is 0 Å². The van der Waals surface area contributed by atoms with Crippen LogP contribution in [-0.4, -0.2) is 19.9 Å². The zero-order chi connectivity index (χ0) is 11.8. The molecule has 0 aliphatic heterocycles. The van der Waals surface area contributed by atoms with E-state index >= 15 is 0 Å². The van der Waals surface area contributed by atoms with Crippen LogP contribution in [0.15, 0.2) is 22.9 Å². The number of halogens is 1. The Morgan fingerprint density at radius 1 is 1.18 bits per heavy atom. The Morgan fingerprint density at radius 3 is 2.71 bits per heavy atom. The summed E-state index contributed by atoms with van der Waals surface area (Å²) in [5.74, 6) is 2.12. The van der Waals surface area contributed by atoms with Gasteiger partial charge < -0.3 is 5.73 Å². The van der Waals surface area contributed by atoms with E-state index in [1.54, 1.807) is 12.4 Å². The molecule has 1 aliphatic carbocycles. The van der Waals surface area contributed by atoms with Gasteiger partial charge >= 0.3 is 0 Å². The van der Waals surface area contributed by atoms with Crippen molar-refractivity contribution in [1.29, 1.82) is 0 Å². The van der Waals surface area contributed by atoms with Gasteiger partial charge in [0.1, 0.15) is 5.82 Å². The van der Waals surface area contributed by atoms with E-state index < -0.39 is 0 Å². The van der Waals surface area contributed by atoms with E-state index in [1.165, 1.54) is 0 Å². The van der Waals surface area contributed by atoms with Crippen molar-refractivity contribution in [2.45, 2.75) is 18.8 Å². The second kappa shape index (κ2) is 4.03. The number of nitrogen functional groups attached to an aromatic ring is 1. The van der Waals surface area contributed by atoms with E-state index in [0.717, 1.165) is 28.7 Å². The highest BCUT2D eigenvalue weighted by Crippen LogP contribution is 2.38. The third kappa shape index (κ3) is 2.26. The summed E-state index contributed by atoms with van der Waals surface area (Å²) in [4.78, 5) is 16.9. The van der Waals surface area contributed by atoms with Gasteiger partial charge in [-0.3, -0.25) is 4.98 Å². The number of hydrogen-bond acceptors (Lipinski definition) is 5. The highest BCUT2D eigenvalue weighted by molar-refractivity contribution is 9.10. The molecule has 0 saturated heterocycles. The van der Waals surface area contributed by atoms with Gasteiger partial charge in [0.2, 0.25) is 5.95 Å². The predicted molar refractivity (Wildman–Crippen MR) is 67.1 cm³/mol. The summed E-state index contributed by atoms with van der Waals surface area (Å²) in [6.45, 7) is 0. The van der Waals surface area contributed by atoms with Crippen LogP contribution >= 0.6 is 15.9 Å². The van der Waals surface area contributed by atoms with Gasteiger partial charge in [-0.25, -0.2) is 4.98 Å². The Morgan fingerprint density at radius 2 is 2.00 bits per heavy atom. The van der Waals surface area contributed by atoms with Gasteiger partial charge in [0.15, 0.2) is 5.82 Å². The second-order valence-corrected chi connectivity index (χ2v) is 4.96. The Kier molecular flexibility index (Phi) is 2.51. The molecule has 0 unspecified atom stereocenters. The summed E-state index contributed by atoms with van der Waals surface area (Å²) in [6, 6.07) is 1.92. The molecule has 2 N–H and O–H groups in total. The summed E-state index contributed by atoms with van der Waals surface area (Å²) < 4.78 is 0.891. The normalized spacial score (nSPS) is 14.9. The number of hydrogen-bond donors (Lipinski definition) is 1. The van der Waals surface area contributed by atoms with E-state index in [1.807, 2.05) is 6.07 Å². The van der Waals surface area contributed by atoms with Gasteiger partial charge in [0.25, 0.3) is 0 Å². The summed E-state index contributed by atoms with van der Waals surface area (Å²) in [5, 5.41) is 0. The third-order valence-corrected chi connectivity index (χ3v) is 3.01. The lowest BCUT2D eigenvalue weighted by molar-refractivity contribution is 0.901. The molecule has 3 rings (SSSR count). The molecule has 0 radical (unpaired) electrons. The van der Waals surface area contributed by atoms with E-state index in [0.29, 0.717) is 11.7 Å². The first-order valence-electron chi connectivity index (χ1n) is 5.35. The van der Waals surface area contributed by atoms with Gasteiger partial charge in [0.05, 0.1) is 0 Å².